The number of carbonyl (C=O) groups excluding carboxylic acids is 1. The Balaban J connectivity index is 1.79. The summed E-state index contributed by atoms with van der Waals surface area (Å²) in [5.41, 5.74) is 2.37. The molecule has 6 nitrogen and oxygen atoms in total. The summed E-state index contributed by atoms with van der Waals surface area (Å²) in [7, 11) is 0. The summed E-state index contributed by atoms with van der Waals surface area (Å²) < 4.78 is 5.18. The van der Waals surface area contributed by atoms with Crippen LogP contribution < -0.4 is 10.2 Å². The Hall–Kier alpha value is -2.02. The third-order valence-electron chi connectivity index (χ3n) is 4.27. The first kappa shape index (κ1) is 16.8. The molecule has 1 atom stereocenters. The number of hydrogen-bond acceptors (Lipinski definition) is 6. The molecule has 1 aliphatic heterocycles. The lowest BCUT2D eigenvalue weighted by Gasteiger charge is -2.29. The van der Waals surface area contributed by atoms with E-state index in [2.05, 4.69) is 20.4 Å². The molecule has 0 saturated carbocycles. The monoisotopic (exact) mass is 346 g/mol. The minimum atomic E-state index is -0.332. The predicted molar refractivity (Wildman–Crippen MR) is 96.8 cm³/mol. The Morgan fingerprint density at radius 3 is 2.79 bits per heavy atom. The summed E-state index contributed by atoms with van der Waals surface area (Å²) in [6.07, 6.45) is 1.77. The lowest BCUT2D eigenvalue weighted by atomic mass is 9.98. The van der Waals surface area contributed by atoms with Crippen LogP contribution >= 0.6 is 11.8 Å². The van der Waals surface area contributed by atoms with Crippen molar-refractivity contribution in [2.24, 2.45) is 0 Å². The van der Waals surface area contributed by atoms with Crippen molar-refractivity contribution < 1.29 is 9.32 Å². The van der Waals surface area contributed by atoms with E-state index in [1.807, 2.05) is 44.7 Å². The van der Waals surface area contributed by atoms with Crippen LogP contribution in [0, 0.1) is 13.8 Å². The Morgan fingerprint density at radius 2 is 2.12 bits per heavy atom. The van der Waals surface area contributed by atoms with Crippen molar-refractivity contribution in [3.63, 3.8) is 0 Å². The number of carbonyl (C=O) groups is 1. The maximum absolute atomic E-state index is 12.7. The molecule has 2 aromatic heterocycles. The molecular weight excluding hydrogens is 324 g/mol. The van der Waals surface area contributed by atoms with E-state index in [0.29, 0.717) is 5.76 Å². The second-order valence-corrected chi connectivity index (χ2v) is 7.15. The predicted octanol–water partition coefficient (Wildman–Crippen LogP) is 2.98. The van der Waals surface area contributed by atoms with Crippen LogP contribution in [0.5, 0.6) is 0 Å². The van der Waals surface area contributed by atoms with Crippen LogP contribution in [-0.2, 0) is 4.79 Å². The molecular formula is C17H22N4O2S. The molecule has 1 saturated heterocycles. The molecule has 128 valence electrons. The summed E-state index contributed by atoms with van der Waals surface area (Å²) in [6, 6.07) is 3.75. The highest BCUT2D eigenvalue weighted by molar-refractivity contribution is 7.99. The highest BCUT2D eigenvalue weighted by Gasteiger charge is 2.24. The zero-order valence-electron chi connectivity index (χ0n) is 14.2. The summed E-state index contributed by atoms with van der Waals surface area (Å²) in [5, 5.41) is 6.97. The van der Waals surface area contributed by atoms with Crippen LogP contribution in [-0.4, -0.2) is 40.6 Å². The molecule has 1 aliphatic rings. The van der Waals surface area contributed by atoms with Gasteiger partial charge in [-0.2, -0.15) is 11.8 Å². The van der Waals surface area contributed by atoms with E-state index in [4.69, 9.17) is 4.52 Å². The van der Waals surface area contributed by atoms with Gasteiger partial charge in [0, 0.05) is 36.4 Å². The number of nitrogens with one attached hydrogen (secondary N) is 1. The first-order valence-electron chi connectivity index (χ1n) is 8.09. The van der Waals surface area contributed by atoms with Crippen molar-refractivity contribution in [2.75, 3.05) is 34.8 Å². The quantitative estimate of drug-likeness (QED) is 0.918. The number of anilines is 2. The average molecular weight is 346 g/mol. The van der Waals surface area contributed by atoms with E-state index < -0.39 is 0 Å². The number of nitrogens with zero attached hydrogens (tertiary/aromatic N) is 3. The molecule has 0 bridgehead atoms. The molecule has 0 spiro atoms. The zero-order valence-corrected chi connectivity index (χ0v) is 15.0. The lowest BCUT2D eigenvalue weighted by Crippen LogP contribution is -2.34. The number of aryl methyl sites for hydroxylation is 2. The summed E-state index contributed by atoms with van der Waals surface area (Å²) in [5.74, 6) is 3.29. The fourth-order valence-corrected chi connectivity index (χ4v) is 3.91. The Bertz CT molecular complexity index is 706. The molecule has 1 N–H and O–H groups in total. The van der Waals surface area contributed by atoms with Crippen LogP contribution in [0.2, 0.25) is 0 Å². The number of pyridine rings is 1. The van der Waals surface area contributed by atoms with E-state index >= 15 is 0 Å². The molecule has 0 radical (unpaired) electrons. The highest BCUT2D eigenvalue weighted by atomic mass is 32.2. The number of amides is 1. The first-order chi connectivity index (χ1) is 11.6. The molecule has 0 aromatic carbocycles. The maximum atomic E-state index is 12.7. The summed E-state index contributed by atoms with van der Waals surface area (Å²) in [4.78, 5) is 19.4. The number of aromatic nitrogens is 2. The average Bonchev–Trinajstić information content (AvgIpc) is 2.94. The van der Waals surface area contributed by atoms with Gasteiger partial charge in [-0.15, -0.1) is 0 Å². The largest absolute Gasteiger partial charge is 0.361 e. The van der Waals surface area contributed by atoms with Gasteiger partial charge < -0.3 is 14.7 Å². The number of rotatable bonds is 4. The van der Waals surface area contributed by atoms with E-state index in [9.17, 15) is 4.79 Å². The van der Waals surface area contributed by atoms with Gasteiger partial charge >= 0.3 is 0 Å². The van der Waals surface area contributed by atoms with Gasteiger partial charge in [0.05, 0.1) is 17.3 Å². The van der Waals surface area contributed by atoms with E-state index in [0.717, 1.165) is 47.4 Å². The molecule has 2 aromatic rings. The van der Waals surface area contributed by atoms with Crippen molar-refractivity contribution >= 4 is 29.2 Å². The fraction of sp³-hybridized carbons (Fsp3) is 0.471. The second-order valence-electron chi connectivity index (χ2n) is 5.92. The van der Waals surface area contributed by atoms with Gasteiger partial charge in [0.2, 0.25) is 5.91 Å². The lowest BCUT2D eigenvalue weighted by molar-refractivity contribution is -0.117. The Kier molecular flexibility index (Phi) is 5.08. The summed E-state index contributed by atoms with van der Waals surface area (Å²) in [6.45, 7) is 7.46. The van der Waals surface area contributed by atoms with Crippen LogP contribution in [0.15, 0.2) is 22.9 Å². The van der Waals surface area contributed by atoms with Gasteiger partial charge in [-0.3, -0.25) is 4.79 Å². The molecule has 1 amide bonds. The smallest absolute Gasteiger partial charge is 0.231 e. The van der Waals surface area contributed by atoms with Gasteiger partial charge in [0.1, 0.15) is 5.76 Å². The second kappa shape index (κ2) is 7.25. The van der Waals surface area contributed by atoms with Gasteiger partial charge in [-0.05, 0) is 32.9 Å². The van der Waals surface area contributed by atoms with Gasteiger partial charge in [0.25, 0.3) is 0 Å². The molecule has 0 aliphatic carbocycles. The topological polar surface area (TPSA) is 71.3 Å². The minimum absolute atomic E-state index is 0.0787. The van der Waals surface area contributed by atoms with E-state index in [-0.39, 0.29) is 11.8 Å². The molecule has 7 heteroatoms. The summed E-state index contributed by atoms with van der Waals surface area (Å²) >= 11 is 1.95. The van der Waals surface area contributed by atoms with Crippen LogP contribution in [0.1, 0.15) is 29.9 Å². The van der Waals surface area contributed by atoms with Crippen molar-refractivity contribution in [1.29, 1.82) is 0 Å². The molecule has 24 heavy (non-hydrogen) atoms. The molecule has 3 heterocycles. The van der Waals surface area contributed by atoms with Gasteiger partial charge in [-0.25, -0.2) is 4.98 Å². The first-order valence-corrected chi connectivity index (χ1v) is 9.24. The number of thioether (sulfide) groups is 1. The van der Waals surface area contributed by atoms with Gasteiger partial charge in [0.15, 0.2) is 5.82 Å². The molecule has 0 unspecified atom stereocenters. The normalized spacial score (nSPS) is 16.0. The third kappa shape index (κ3) is 3.40. The third-order valence-corrected chi connectivity index (χ3v) is 5.21. The fourth-order valence-electron chi connectivity index (χ4n) is 3.00. The van der Waals surface area contributed by atoms with Crippen molar-refractivity contribution in [2.45, 2.75) is 26.7 Å². The maximum Gasteiger partial charge on any atom is 0.231 e. The SMILES string of the molecule is Cc1noc(C)c1[C@@H](C)C(=O)Nc1cccnc1N1CCSCC1. The van der Waals surface area contributed by atoms with E-state index in [1.54, 1.807) is 6.20 Å². The molecule has 1 fully saturated rings. The van der Waals surface area contributed by atoms with Crippen molar-refractivity contribution in [3.05, 3.63) is 35.3 Å². The highest BCUT2D eigenvalue weighted by Crippen LogP contribution is 2.28. The van der Waals surface area contributed by atoms with Crippen LogP contribution in [0.25, 0.3) is 0 Å². The standard InChI is InChI=1S/C17H22N4O2S/c1-11(15-12(2)20-23-13(15)3)17(22)19-14-5-4-6-18-16(14)21-7-9-24-10-8-21/h4-6,11H,7-10H2,1-3H3,(H,19,22)/t11-/m1/s1. The molecule has 3 rings (SSSR count). The Labute approximate surface area is 146 Å². The zero-order chi connectivity index (χ0) is 17.1. The van der Waals surface area contributed by atoms with Crippen molar-refractivity contribution in [1.82, 2.24) is 10.1 Å². The Morgan fingerprint density at radius 1 is 1.38 bits per heavy atom. The van der Waals surface area contributed by atoms with Gasteiger partial charge in [-0.1, -0.05) is 5.16 Å². The van der Waals surface area contributed by atoms with Crippen LogP contribution in [0.3, 0.4) is 0 Å². The van der Waals surface area contributed by atoms with Crippen molar-refractivity contribution in [3.8, 4) is 0 Å². The van der Waals surface area contributed by atoms with E-state index in [1.165, 1.54) is 0 Å². The minimum Gasteiger partial charge on any atom is -0.361 e. The van der Waals surface area contributed by atoms with Crippen LogP contribution in [0.4, 0.5) is 11.5 Å². The number of hydrogen-bond donors (Lipinski definition) is 1.